The first kappa shape index (κ1) is 12.9. The van der Waals surface area contributed by atoms with E-state index in [4.69, 9.17) is 4.74 Å². The molecule has 0 spiro atoms. The van der Waals surface area contributed by atoms with Crippen LogP contribution < -0.4 is 4.74 Å². The average molecular weight is 291 g/mol. The van der Waals surface area contributed by atoms with Crippen molar-refractivity contribution < 1.29 is 9.13 Å². The maximum absolute atomic E-state index is 12.9. The van der Waals surface area contributed by atoms with E-state index < -0.39 is 0 Å². The maximum Gasteiger partial charge on any atom is 0.129 e. The van der Waals surface area contributed by atoms with Gasteiger partial charge in [-0.05, 0) is 35.9 Å². The molecule has 1 heterocycles. The van der Waals surface area contributed by atoms with Gasteiger partial charge in [0.2, 0.25) is 0 Å². The molecule has 4 aromatic rings. The summed E-state index contributed by atoms with van der Waals surface area (Å²) < 4.78 is 18.9. The lowest BCUT2D eigenvalue weighted by molar-refractivity contribution is 0.310. The predicted octanol–water partition coefficient (Wildman–Crippen LogP) is 5.04. The molecule has 108 valence electrons. The molecule has 0 aliphatic rings. The van der Waals surface area contributed by atoms with E-state index in [1.807, 2.05) is 30.3 Å². The third-order valence-corrected chi connectivity index (χ3v) is 3.80. The first-order valence-electron chi connectivity index (χ1n) is 7.18. The Labute approximate surface area is 127 Å². The SMILES string of the molecule is Fc1ccc(COc2cccc3[nH]c4ccccc4c23)cc1. The van der Waals surface area contributed by atoms with Gasteiger partial charge in [0, 0.05) is 16.3 Å². The molecule has 0 atom stereocenters. The van der Waals surface area contributed by atoms with Crippen LogP contribution in [0, 0.1) is 5.82 Å². The molecule has 0 saturated heterocycles. The molecule has 0 aliphatic heterocycles. The number of aromatic nitrogens is 1. The van der Waals surface area contributed by atoms with E-state index in [0.717, 1.165) is 33.1 Å². The highest BCUT2D eigenvalue weighted by Gasteiger charge is 2.09. The van der Waals surface area contributed by atoms with Gasteiger partial charge in [-0.1, -0.05) is 36.4 Å². The third kappa shape index (κ3) is 2.21. The first-order valence-corrected chi connectivity index (χ1v) is 7.18. The molecule has 3 aromatic carbocycles. The van der Waals surface area contributed by atoms with Gasteiger partial charge < -0.3 is 9.72 Å². The Bertz CT molecular complexity index is 941. The normalized spacial score (nSPS) is 11.1. The number of hydrogen-bond acceptors (Lipinski definition) is 1. The van der Waals surface area contributed by atoms with Gasteiger partial charge in [-0.25, -0.2) is 4.39 Å². The number of fused-ring (bicyclic) bond motifs is 3. The zero-order valence-electron chi connectivity index (χ0n) is 11.8. The van der Waals surface area contributed by atoms with E-state index in [0.29, 0.717) is 6.61 Å². The highest BCUT2D eigenvalue weighted by Crippen LogP contribution is 2.33. The minimum Gasteiger partial charge on any atom is -0.488 e. The maximum atomic E-state index is 12.9. The quantitative estimate of drug-likeness (QED) is 0.562. The predicted molar refractivity (Wildman–Crippen MR) is 86.5 cm³/mol. The fourth-order valence-corrected chi connectivity index (χ4v) is 2.73. The minimum absolute atomic E-state index is 0.234. The zero-order chi connectivity index (χ0) is 14.9. The van der Waals surface area contributed by atoms with Gasteiger partial charge in [0.15, 0.2) is 0 Å². The van der Waals surface area contributed by atoms with Crippen LogP contribution in [0.1, 0.15) is 5.56 Å². The Morgan fingerprint density at radius 2 is 1.59 bits per heavy atom. The zero-order valence-corrected chi connectivity index (χ0v) is 11.8. The van der Waals surface area contributed by atoms with E-state index in [9.17, 15) is 4.39 Å². The minimum atomic E-state index is -0.234. The van der Waals surface area contributed by atoms with Crippen molar-refractivity contribution in [3.05, 3.63) is 78.1 Å². The van der Waals surface area contributed by atoms with Gasteiger partial charge in [-0.2, -0.15) is 0 Å². The number of para-hydroxylation sites is 1. The molecule has 3 heteroatoms. The molecule has 1 N–H and O–H groups in total. The van der Waals surface area contributed by atoms with Crippen molar-refractivity contribution in [2.45, 2.75) is 6.61 Å². The van der Waals surface area contributed by atoms with Crippen LogP contribution >= 0.6 is 0 Å². The number of aromatic amines is 1. The average Bonchev–Trinajstić information content (AvgIpc) is 2.93. The smallest absolute Gasteiger partial charge is 0.129 e. The van der Waals surface area contributed by atoms with E-state index in [1.165, 1.54) is 12.1 Å². The Kier molecular flexibility index (Phi) is 3.04. The number of rotatable bonds is 3. The summed E-state index contributed by atoms with van der Waals surface area (Å²) in [4.78, 5) is 3.39. The van der Waals surface area contributed by atoms with Gasteiger partial charge in [0.1, 0.15) is 18.2 Å². The van der Waals surface area contributed by atoms with Crippen molar-refractivity contribution >= 4 is 21.8 Å². The summed E-state index contributed by atoms with van der Waals surface area (Å²) in [5.41, 5.74) is 3.09. The third-order valence-electron chi connectivity index (χ3n) is 3.80. The van der Waals surface area contributed by atoms with Crippen LogP contribution in [0.15, 0.2) is 66.7 Å². The van der Waals surface area contributed by atoms with E-state index in [2.05, 4.69) is 17.1 Å². The van der Waals surface area contributed by atoms with Gasteiger partial charge >= 0.3 is 0 Å². The number of ether oxygens (including phenoxy) is 1. The second-order valence-electron chi connectivity index (χ2n) is 5.26. The van der Waals surface area contributed by atoms with Crippen molar-refractivity contribution in [2.75, 3.05) is 0 Å². The first-order chi connectivity index (χ1) is 10.8. The molecular formula is C19H14FNO. The van der Waals surface area contributed by atoms with Crippen LogP contribution in [0.5, 0.6) is 5.75 Å². The monoisotopic (exact) mass is 291 g/mol. The lowest BCUT2D eigenvalue weighted by Gasteiger charge is -2.08. The summed E-state index contributed by atoms with van der Waals surface area (Å²) in [5, 5.41) is 2.23. The number of hydrogen-bond donors (Lipinski definition) is 1. The summed E-state index contributed by atoms with van der Waals surface area (Å²) in [6, 6.07) is 20.5. The van der Waals surface area contributed by atoms with Crippen LogP contribution in [0.3, 0.4) is 0 Å². The fourth-order valence-electron chi connectivity index (χ4n) is 2.73. The van der Waals surface area contributed by atoms with Gasteiger partial charge in [-0.15, -0.1) is 0 Å². The fraction of sp³-hybridized carbons (Fsp3) is 0.0526. The molecule has 0 amide bonds. The second-order valence-corrected chi connectivity index (χ2v) is 5.26. The second kappa shape index (κ2) is 5.19. The van der Waals surface area contributed by atoms with Crippen molar-refractivity contribution in [3.8, 4) is 5.75 Å². The topological polar surface area (TPSA) is 25.0 Å². The summed E-state index contributed by atoms with van der Waals surface area (Å²) in [6.07, 6.45) is 0. The number of halogens is 1. The number of benzene rings is 3. The van der Waals surface area contributed by atoms with Crippen LogP contribution in [0.4, 0.5) is 4.39 Å². The van der Waals surface area contributed by atoms with Crippen molar-refractivity contribution in [2.24, 2.45) is 0 Å². The summed E-state index contributed by atoms with van der Waals surface area (Å²) in [5.74, 6) is 0.599. The van der Waals surface area contributed by atoms with E-state index in [-0.39, 0.29) is 5.82 Å². The summed E-state index contributed by atoms with van der Waals surface area (Å²) in [6.45, 7) is 0.416. The number of H-pyrrole nitrogens is 1. The van der Waals surface area contributed by atoms with Crippen LogP contribution in [0.25, 0.3) is 21.8 Å². The highest BCUT2D eigenvalue weighted by atomic mass is 19.1. The van der Waals surface area contributed by atoms with Crippen molar-refractivity contribution in [1.82, 2.24) is 4.98 Å². The lowest BCUT2D eigenvalue weighted by atomic mass is 10.1. The Hall–Kier alpha value is -2.81. The summed E-state index contributed by atoms with van der Waals surface area (Å²) >= 11 is 0. The van der Waals surface area contributed by atoms with Gasteiger partial charge in [0.05, 0.1) is 5.52 Å². The molecule has 0 fully saturated rings. The molecule has 2 nitrogen and oxygen atoms in total. The molecule has 4 rings (SSSR count). The van der Waals surface area contributed by atoms with Crippen LogP contribution in [0.2, 0.25) is 0 Å². The standard InChI is InChI=1S/C19H14FNO/c20-14-10-8-13(9-11-14)12-22-18-7-3-6-17-19(18)15-4-1-2-5-16(15)21-17/h1-11,21H,12H2. The highest BCUT2D eigenvalue weighted by molar-refractivity contribution is 6.10. The molecule has 22 heavy (non-hydrogen) atoms. The molecule has 0 radical (unpaired) electrons. The summed E-state index contributed by atoms with van der Waals surface area (Å²) in [7, 11) is 0. The molecule has 0 saturated carbocycles. The van der Waals surface area contributed by atoms with Gasteiger partial charge in [0.25, 0.3) is 0 Å². The van der Waals surface area contributed by atoms with Crippen LogP contribution in [-0.4, -0.2) is 4.98 Å². The van der Waals surface area contributed by atoms with E-state index >= 15 is 0 Å². The molecule has 0 aliphatic carbocycles. The lowest BCUT2D eigenvalue weighted by Crippen LogP contribution is -1.95. The number of nitrogens with one attached hydrogen (secondary N) is 1. The Morgan fingerprint density at radius 3 is 2.45 bits per heavy atom. The van der Waals surface area contributed by atoms with Crippen LogP contribution in [-0.2, 0) is 6.61 Å². The van der Waals surface area contributed by atoms with Crippen molar-refractivity contribution in [3.63, 3.8) is 0 Å². The molecule has 1 aromatic heterocycles. The Morgan fingerprint density at radius 1 is 0.818 bits per heavy atom. The largest absolute Gasteiger partial charge is 0.488 e. The van der Waals surface area contributed by atoms with Crippen molar-refractivity contribution in [1.29, 1.82) is 0 Å². The molecule has 0 unspecified atom stereocenters. The molecular weight excluding hydrogens is 277 g/mol. The van der Waals surface area contributed by atoms with E-state index in [1.54, 1.807) is 12.1 Å². The van der Waals surface area contributed by atoms with Gasteiger partial charge in [-0.3, -0.25) is 0 Å². The molecule has 0 bridgehead atoms. The Balaban J connectivity index is 1.73.